The van der Waals surface area contributed by atoms with Crippen molar-refractivity contribution in [3.05, 3.63) is 86.9 Å². The van der Waals surface area contributed by atoms with E-state index in [9.17, 15) is 9.59 Å². The molecule has 0 atom stereocenters. The molecule has 3 rings (SSSR count). The summed E-state index contributed by atoms with van der Waals surface area (Å²) in [4.78, 5) is 24.3. The number of amides is 2. The van der Waals surface area contributed by atoms with Gasteiger partial charge in [0.2, 0.25) is 0 Å². The van der Waals surface area contributed by atoms with Crippen molar-refractivity contribution in [3.63, 3.8) is 0 Å². The third kappa shape index (κ3) is 6.45. The quantitative estimate of drug-likeness (QED) is 0.257. The van der Waals surface area contributed by atoms with E-state index >= 15 is 0 Å². The van der Waals surface area contributed by atoms with Crippen molar-refractivity contribution in [1.29, 1.82) is 0 Å². The van der Waals surface area contributed by atoms with E-state index in [1.807, 2.05) is 57.2 Å². The lowest BCUT2D eigenvalue weighted by molar-refractivity contribution is -0.136. The predicted octanol–water partition coefficient (Wildman–Crippen LogP) is 5.05. The van der Waals surface area contributed by atoms with Gasteiger partial charge in [-0.15, -0.1) is 0 Å². The fraction of sp³-hybridized carbons (Fsp3) is 0.192. The highest BCUT2D eigenvalue weighted by Crippen LogP contribution is 2.37. The summed E-state index contributed by atoms with van der Waals surface area (Å²) in [6, 6.07) is 17.0. The molecule has 8 heteroatoms. The molecule has 0 saturated heterocycles. The van der Waals surface area contributed by atoms with Gasteiger partial charge in [-0.1, -0.05) is 42.0 Å². The minimum atomic E-state index is -0.875. The topological polar surface area (TPSA) is 89.0 Å². The number of nitrogens with one attached hydrogen (secondary N) is 2. The van der Waals surface area contributed by atoms with E-state index in [2.05, 4.69) is 31.8 Å². The van der Waals surface area contributed by atoms with Crippen LogP contribution in [0.15, 0.2) is 64.2 Å². The first kappa shape index (κ1) is 25.0. The predicted molar refractivity (Wildman–Crippen MR) is 136 cm³/mol. The van der Waals surface area contributed by atoms with Crippen LogP contribution in [0.25, 0.3) is 0 Å². The highest BCUT2D eigenvalue weighted by Gasteiger charge is 2.15. The Morgan fingerprint density at radius 2 is 1.76 bits per heavy atom. The van der Waals surface area contributed by atoms with Crippen LogP contribution in [0.1, 0.15) is 27.8 Å². The van der Waals surface area contributed by atoms with Gasteiger partial charge in [-0.2, -0.15) is 5.10 Å². The summed E-state index contributed by atoms with van der Waals surface area (Å²) in [6.45, 7) is 6.23. The fourth-order valence-electron chi connectivity index (χ4n) is 3.23. The minimum absolute atomic E-state index is 0.390. The van der Waals surface area contributed by atoms with Gasteiger partial charge >= 0.3 is 11.8 Å². The Bertz CT molecular complexity index is 1240. The van der Waals surface area contributed by atoms with Crippen molar-refractivity contribution >= 4 is 39.6 Å². The molecule has 0 heterocycles. The molecule has 0 spiro atoms. The molecule has 0 saturated carbocycles. The molecule has 0 unspecified atom stereocenters. The van der Waals surface area contributed by atoms with E-state index < -0.39 is 11.8 Å². The Balaban J connectivity index is 1.63. The van der Waals surface area contributed by atoms with Crippen molar-refractivity contribution in [2.45, 2.75) is 27.4 Å². The molecule has 2 N–H and O–H groups in total. The average Bonchev–Trinajstić information content (AvgIpc) is 2.80. The van der Waals surface area contributed by atoms with Gasteiger partial charge in [-0.05, 0) is 77.2 Å². The van der Waals surface area contributed by atoms with Crippen molar-refractivity contribution in [3.8, 4) is 11.5 Å². The van der Waals surface area contributed by atoms with Crippen LogP contribution in [0.3, 0.4) is 0 Å². The van der Waals surface area contributed by atoms with Crippen LogP contribution < -0.4 is 20.2 Å². The second kappa shape index (κ2) is 11.5. The number of hydrogen-bond acceptors (Lipinski definition) is 5. The maximum Gasteiger partial charge on any atom is 0.329 e. The number of rotatable bonds is 7. The van der Waals surface area contributed by atoms with Gasteiger partial charge in [0.25, 0.3) is 0 Å². The Labute approximate surface area is 207 Å². The van der Waals surface area contributed by atoms with E-state index in [-0.39, 0.29) is 0 Å². The zero-order chi connectivity index (χ0) is 24.7. The molecular weight excluding hydrogens is 498 g/mol. The lowest BCUT2D eigenvalue weighted by Gasteiger charge is -2.14. The van der Waals surface area contributed by atoms with E-state index in [4.69, 9.17) is 9.47 Å². The number of hydrazone groups is 1. The van der Waals surface area contributed by atoms with Crippen molar-refractivity contribution < 1.29 is 19.1 Å². The zero-order valence-electron chi connectivity index (χ0n) is 19.4. The first-order valence-corrected chi connectivity index (χ1v) is 11.3. The van der Waals surface area contributed by atoms with Gasteiger partial charge in [0.05, 0.1) is 17.8 Å². The summed E-state index contributed by atoms with van der Waals surface area (Å²) in [5, 5.41) is 6.47. The molecule has 2 amide bonds. The average molecular weight is 524 g/mol. The summed E-state index contributed by atoms with van der Waals surface area (Å²) in [5.74, 6) is -0.619. The smallest absolute Gasteiger partial charge is 0.329 e. The molecule has 34 heavy (non-hydrogen) atoms. The van der Waals surface area contributed by atoms with Crippen LogP contribution in [0.4, 0.5) is 5.69 Å². The molecule has 176 valence electrons. The van der Waals surface area contributed by atoms with Crippen molar-refractivity contribution in [2.24, 2.45) is 5.10 Å². The zero-order valence-corrected chi connectivity index (χ0v) is 21.0. The number of carbonyl (C=O) groups excluding carboxylic acids is 2. The number of halogens is 1. The van der Waals surface area contributed by atoms with Gasteiger partial charge in [0.15, 0.2) is 11.5 Å². The Morgan fingerprint density at radius 1 is 1.00 bits per heavy atom. The second-order valence-corrected chi connectivity index (χ2v) is 8.58. The minimum Gasteiger partial charge on any atom is -0.493 e. The maximum atomic E-state index is 12.2. The number of aryl methyl sites for hydroxylation is 3. The standard InChI is InChI=1S/C26H26BrN3O4/c1-16-9-10-22(18(3)11-16)29-25(31)26(32)30-28-14-19-12-21(27)24(23(13-19)33-4)34-15-20-8-6-5-7-17(20)2/h5-14H,15H2,1-4H3,(H,29,31)(H,30,32)/b28-14+. The van der Waals surface area contributed by atoms with Gasteiger partial charge < -0.3 is 14.8 Å². The van der Waals surface area contributed by atoms with Crippen LogP contribution >= 0.6 is 15.9 Å². The largest absolute Gasteiger partial charge is 0.493 e. The number of methoxy groups -OCH3 is 1. The number of benzene rings is 3. The molecule has 0 radical (unpaired) electrons. The van der Waals surface area contributed by atoms with Crippen LogP contribution in [-0.4, -0.2) is 25.1 Å². The molecule has 0 bridgehead atoms. The van der Waals surface area contributed by atoms with E-state index in [1.165, 1.54) is 6.21 Å². The maximum absolute atomic E-state index is 12.2. The Kier molecular flexibility index (Phi) is 8.43. The Hall–Kier alpha value is -3.65. The third-order valence-electron chi connectivity index (χ3n) is 5.10. The van der Waals surface area contributed by atoms with Crippen molar-refractivity contribution in [1.82, 2.24) is 5.43 Å². The van der Waals surface area contributed by atoms with E-state index in [0.29, 0.717) is 33.8 Å². The molecule has 0 aromatic heterocycles. The lowest BCUT2D eigenvalue weighted by Crippen LogP contribution is -2.32. The number of nitrogens with zero attached hydrogens (tertiary/aromatic N) is 1. The molecule has 0 fully saturated rings. The summed E-state index contributed by atoms with van der Waals surface area (Å²) >= 11 is 3.51. The second-order valence-electron chi connectivity index (χ2n) is 7.72. The van der Waals surface area contributed by atoms with Crippen LogP contribution in [0.5, 0.6) is 11.5 Å². The summed E-state index contributed by atoms with van der Waals surface area (Å²) in [7, 11) is 1.54. The normalized spacial score (nSPS) is 10.7. The van der Waals surface area contributed by atoms with Gasteiger partial charge in [0.1, 0.15) is 6.61 Å². The van der Waals surface area contributed by atoms with Gasteiger partial charge in [0, 0.05) is 5.69 Å². The van der Waals surface area contributed by atoms with E-state index in [1.54, 1.807) is 25.3 Å². The van der Waals surface area contributed by atoms with Crippen molar-refractivity contribution in [2.75, 3.05) is 12.4 Å². The molecular formula is C26H26BrN3O4. The highest BCUT2D eigenvalue weighted by molar-refractivity contribution is 9.10. The first-order chi connectivity index (χ1) is 16.3. The molecule has 0 aliphatic carbocycles. The third-order valence-corrected chi connectivity index (χ3v) is 5.69. The van der Waals surface area contributed by atoms with Crippen LogP contribution in [0.2, 0.25) is 0 Å². The fourth-order valence-corrected chi connectivity index (χ4v) is 3.80. The molecule has 3 aromatic carbocycles. The number of anilines is 1. The molecule has 0 aliphatic heterocycles. The molecule has 3 aromatic rings. The SMILES string of the molecule is COc1cc(/C=N/NC(=O)C(=O)Nc2ccc(C)cc2C)cc(Br)c1OCc1ccccc1C. The Morgan fingerprint density at radius 3 is 2.47 bits per heavy atom. The monoisotopic (exact) mass is 523 g/mol. The summed E-state index contributed by atoms with van der Waals surface area (Å²) in [5.41, 5.74) is 7.60. The van der Waals surface area contributed by atoms with Crippen LogP contribution in [0, 0.1) is 20.8 Å². The number of ether oxygens (including phenoxy) is 2. The molecule has 7 nitrogen and oxygen atoms in total. The van der Waals surface area contributed by atoms with E-state index in [0.717, 1.165) is 22.3 Å². The summed E-state index contributed by atoms with van der Waals surface area (Å²) < 4.78 is 12.1. The number of hydrogen-bond donors (Lipinski definition) is 2. The van der Waals surface area contributed by atoms with Crippen LogP contribution in [-0.2, 0) is 16.2 Å². The summed E-state index contributed by atoms with van der Waals surface area (Å²) in [6.07, 6.45) is 1.42. The highest BCUT2D eigenvalue weighted by atomic mass is 79.9. The van der Waals surface area contributed by atoms with Gasteiger partial charge in [-0.25, -0.2) is 5.43 Å². The lowest BCUT2D eigenvalue weighted by atomic mass is 10.1. The first-order valence-electron chi connectivity index (χ1n) is 10.5. The number of carbonyl (C=O) groups is 2. The van der Waals surface area contributed by atoms with Gasteiger partial charge in [-0.3, -0.25) is 9.59 Å². The molecule has 0 aliphatic rings.